The highest BCUT2D eigenvalue weighted by Crippen LogP contribution is 2.17. The molecule has 1 aliphatic heterocycles. The number of piperazine rings is 1. The fourth-order valence-electron chi connectivity index (χ4n) is 2.90. The molecule has 1 aliphatic rings. The summed E-state index contributed by atoms with van der Waals surface area (Å²) in [5.41, 5.74) is 1.82. The summed E-state index contributed by atoms with van der Waals surface area (Å²) in [7, 11) is 0. The molecule has 1 fully saturated rings. The van der Waals surface area contributed by atoms with Crippen molar-refractivity contribution in [2.45, 2.75) is 5.75 Å². The van der Waals surface area contributed by atoms with E-state index in [0.717, 1.165) is 11.3 Å². The molecule has 0 spiro atoms. The highest BCUT2D eigenvalue weighted by atomic mass is 35.5. The fraction of sp³-hybridized carbons (Fsp3) is 0.300. The van der Waals surface area contributed by atoms with Gasteiger partial charge in [-0.1, -0.05) is 41.9 Å². The summed E-state index contributed by atoms with van der Waals surface area (Å²) in [6, 6.07) is 17.0. The summed E-state index contributed by atoms with van der Waals surface area (Å²) >= 11 is 7.57. The fourth-order valence-corrected chi connectivity index (χ4v) is 3.98. The van der Waals surface area contributed by atoms with Gasteiger partial charge in [0.25, 0.3) is 5.91 Å². The van der Waals surface area contributed by atoms with Gasteiger partial charge in [-0.25, -0.2) is 0 Å². The van der Waals surface area contributed by atoms with E-state index in [1.165, 1.54) is 0 Å². The van der Waals surface area contributed by atoms with Crippen molar-refractivity contribution in [3.63, 3.8) is 0 Å². The number of carbonyl (C=O) groups excluding carboxylic acids is 2. The van der Waals surface area contributed by atoms with Gasteiger partial charge in [-0.15, -0.1) is 11.8 Å². The first-order valence-corrected chi connectivity index (χ1v) is 10.1. The van der Waals surface area contributed by atoms with Crippen molar-refractivity contribution in [1.29, 1.82) is 0 Å². The highest BCUT2D eigenvalue weighted by Gasteiger charge is 2.24. The van der Waals surface area contributed by atoms with Crippen LogP contribution in [0.25, 0.3) is 0 Å². The molecule has 1 saturated heterocycles. The number of amides is 2. The van der Waals surface area contributed by atoms with Gasteiger partial charge in [-0.3, -0.25) is 9.59 Å². The smallest absolute Gasteiger partial charge is 0.253 e. The molecule has 26 heavy (non-hydrogen) atoms. The average Bonchev–Trinajstić information content (AvgIpc) is 2.68. The van der Waals surface area contributed by atoms with E-state index in [1.807, 2.05) is 64.4 Å². The molecule has 0 aromatic heterocycles. The summed E-state index contributed by atoms with van der Waals surface area (Å²) in [4.78, 5) is 28.5. The van der Waals surface area contributed by atoms with E-state index in [9.17, 15) is 9.59 Å². The van der Waals surface area contributed by atoms with E-state index >= 15 is 0 Å². The zero-order valence-electron chi connectivity index (χ0n) is 14.4. The van der Waals surface area contributed by atoms with Crippen LogP contribution in [0.5, 0.6) is 0 Å². The second kappa shape index (κ2) is 9.10. The van der Waals surface area contributed by atoms with Gasteiger partial charge in [0, 0.05) is 42.5 Å². The highest BCUT2D eigenvalue weighted by molar-refractivity contribution is 7.99. The molecule has 0 saturated carbocycles. The number of rotatable bonds is 5. The van der Waals surface area contributed by atoms with Crippen LogP contribution in [0.1, 0.15) is 15.9 Å². The zero-order valence-corrected chi connectivity index (χ0v) is 16.0. The van der Waals surface area contributed by atoms with Gasteiger partial charge in [-0.05, 0) is 29.8 Å². The van der Waals surface area contributed by atoms with Crippen LogP contribution in [0.4, 0.5) is 0 Å². The number of carbonyl (C=O) groups is 2. The second-order valence-corrected chi connectivity index (χ2v) is 7.58. The Morgan fingerprint density at radius 2 is 1.62 bits per heavy atom. The quantitative estimate of drug-likeness (QED) is 0.786. The van der Waals surface area contributed by atoms with Crippen LogP contribution in [-0.2, 0) is 10.5 Å². The van der Waals surface area contributed by atoms with Gasteiger partial charge in [0.05, 0.1) is 5.75 Å². The number of halogens is 1. The first kappa shape index (κ1) is 18.8. The maximum absolute atomic E-state index is 12.4. The Morgan fingerprint density at radius 3 is 2.31 bits per heavy atom. The Morgan fingerprint density at radius 1 is 0.923 bits per heavy atom. The molecule has 4 nitrogen and oxygen atoms in total. The lowest BCUT2D eigenvalue weighted by Gasteiger charge is -2.34. The Labute approximate surface area is 163 Å². The molecular formula is C20H21ClN2O2S. The summed E-state index contributed by atoms with van der Waals surface area (Å²) in [6.07, 6.45) is 0. The molecule has 2 aromatic rings. The number of benzene rings is 2. The average molecular weight is 389 g/mol. The van der Waals surface area contributed by atoms with Crippen molar-refractivity contribution in [2.75, 3.05) is 31.9 Å². The summed E-state index contributed by atoms with van der Waals surface area (Å²) < 4.78 is 0. The molecule has 1 heterocycles. The standard InChI is InChI=1S/C20H21ClN2O2S/c21-18-8-4-5-16(13-18)14-26-15-19(24)22-9-11-23(12-10-22)20(25)17-6-2-1-3-7-17/h1-8,13H,9-12,14-15H2. The predicted molar refractivity (Wildman–Crippen MR) is 107 cm³/mol. The third kappa shape index (κ3) is 5.02. The first-order valence-electron chi connectivity index (χ1n) is 8.58. The first-order chi connectivity index (χ1) is 12.6. The lowest BCUT2D eigenvalue weighted by Crippen LogP contribution is -2.51. The van der Waals surface area contributed by atoms with Crippen LogP contribution in [-0.4, -0.2) is 53.5 Å². The van der Waals surface area contributed by atoms with Crippen LogP contribution in [0.3, 0.4) is 0 Å². The third-order valence-electron chi connectivity index (χ3n) is 4.32. The zero-order chi connectivity index (χ0) is 18.4. The molecule has 0 atom stereocenters. The summed E-state index contributed by atoms with van der Waals surface area (Å²) in [5, 5.41) is 0.716. The third-order valence-corrected chi connectivity index (χ3v) is 5.55. The van der Waals surface area contributed by atoms with Gasteiger partial charge in [0.2, 0.25) is 5.91 Å². The number of hydrogen-bond acceptors (Lipinski definition) is 3. The number of hydrogen-bond donors (Lipinski definition) is 0. The lowest BCUT2D eigenvalue weighted by atomic mass is 10.2. The maximum Gasteiger partial charge on any atom is 0.253 e. The van der Waals surface area contributed by atoms with Crippen molar-refractivity contribution in [1.82, 2.24) is 9.80 Å². The Kier molecular flexibility index (Phi) is 6.58. The Hall–Kier alpha value is -1.98. The van der Waals surface area contributed by atoms with Gasteiger partial charge < -0.3 is 9.80 Å². The molecule has 6 heteroatoms. The van der Waals surface area contributed by atoms with Crippen LogP contribution in [0, 0.1) is 0 Å². The van der Waals surface area contributed by atoms with E-state index in [-0.39, 0.29) is 11.8 Å². The van der Waals surface area contributed by atoms with Crippen LogP contribution >= 0.6 is 23.4 Å². The van der Waals surface area contributed by atoms with Gasteiger partial charge >= 0.3 is 0 Å². The Bertz CT molecular complexity index is 761. The summed E-state index contributed by atoms with van der Waals surface area (Å²) in [5.74, 6) is 1.37. The largest absolute Gasteiger partial charge is 0.338 e. The maximum atomic E-state index is 12.4. The molecular weight excluding hydrogens is 368 g/mol. The second-order valence-electron chi connectivity index (χ2n) is 6.16. The van der Waals surface area contributed by atoms with E-state index in [0.29, 0.717) is 42.5 Å². The molecule has 3 rings (SSSR count). The molecule has 0 bridgehead atoms. The van der Waals surface area contributed by atoms with Crippen LogP contribution in [0.15, 0.2) is 54.6 Å². The minimum Gasteiger partial charge on any atom is -0.338 e. The van der Waals surface area contributed by atoms with Crippen molar-refractivity contribution in [2.24, 2.45) is 0 Å². The molecule has 2 amide bonds. The lowest BCUT2D eigenvalue weighted by molar-refractivity contribution is -0.129. The molecule has 0 unspecified atom stereocenters. The normalized spacial score (nSPS) is 14.3. The van der Waals surface area contributed by atoms with E-state index in [1.54, 1.807) is 11.8 Å². The van der Waals surface area contributed by atoms with Crippen molar-refractivity contribution < 1.29 is 9.59 Å². The minimum absolute atomic E-state index is 0.0352. The van der Waals surface area contributed by atoms with Gasteiger partial charge in [0.15, 0.2) is 0 Å². The number of nitrogens with zero attached hydrogens (tertiary/aromatic N) is 2. The molecule has 136 valence electrons. The predicted octanol–water partition coefficient (Wildman–Crippen LogP) is 3.56. The van der Waals surface area contributed by atoms with E-state index in [4.69, 9.17) is 11.6 Å². The number of thioether (sulfide) groups is 1. The summed E-state index contributed by atoms with van der Waals surface area (Å²) in [6.45, 7) is 2.35. The molecule has 0 radical (unpaired) electrons. The molecule has 2 aromatic carbocycles. The van der Waals surface area contributed by atoms with Gasteiger partial charge in [0.1, 0.15) is 0 Å². The van der Waals surface area contributed by atoms with Crippen molar-refractivity contribution >= 4 is 35.2 Å². The minimum atomic E-state index is 0.0352. The molecule has 0 N–H and O–H groups in total. The van der Waals surface area contributed by atoms with Crippen molar-refractivity contribution in [3.05, 3.63) is 70.7 Å². The van der Waals surface area contributed by atoms with Crippen LogP contribution in [0.2, 0.25) is 5.02 Å². The topological polar surface area (TPSA) is 40.6 Å². The molecule has 0 aliphatic carbocycles. The monoisotopic (exact) mass is 388 g/mol. The van der Waals surface area contributed by atoms with E-state index < -0.39 is 0 Å². The van der Waals surface area contributed by atoms with Crippen LogP contribution < -0.4 is 0 Å². The van der Waals surface area contributed by atoms with Crippen molar-refractivity contribution in [3.8, 4) is 0 Å². The van der Waals surface area contributed by atoms with E-state index in [2.05, 4.69) is 0 Å². The SMILES string of the molecule is O=C(CSCc1cccc(Cl)c1)N1CCN(C(=O)c2ccccc2)CC1. The van der Waals surface area contributed by atoms with Gasteiger partial charge in [-0.2, -0.15) is 0 Å². The Balaban J connectivity index is 1.43.